The van der Waals surface area contributed by atoms with E-state index in [0.717, 1.165) is 17.9 Å². The first kappa shape index (κ1) is 35.8. The molecule has 45 heavy (non-hydrogen) atoms. The fourth-order valence-corrected chi connectivity index (χ4v) is 25.4. The van der Waals surface area contributed by atoms with Gasteiger partial charge in [0, 0.05) is 0 Å². The zero-order valence-corrected chi connectivity index (χ0v) is 32.8. The van der Waals surface area contributed by atoms with E-state index in [1.807, 2.05) is 6.07 Å². The Kier molecular flexibility index (Phi) is 9.72. The van der Waals surface area contributed by atoms with Crippen LogP contribution in [-0.2, 0) is 35.5 Å². The number of fused-ring (bicyclic) bond motifs is 3. The van der Waals surface area contributed by atoms with E-state index in [0.29, 0.717) is 0 Å². The van der Waals surface area contributed by atoms with Crippen molar-refractivity contribution in [3.05, 3.63) is 133 Å². The van der Waals surface area contributed by atoms with Crippen molar-refractivity contribution in [2.24, 2.45) is 0 Å². The van der Waals surface area contributed by atoms with Crippen LogP contribution < -0.4 is 9.81 Å². The van der Waals surface area contributed by atoms with Gasteiger partial charge in [0.25, 0.3) is 0 Å². The predicted octanol–water partition coefficient (Wildman–Crippen LogP) is 10.2. The van der Waals surface area contributed by atoms with Crippen LogP contribution in [0.15, 0.2) is 94.3 Å². The summed E-state index contributed by atoms with van der Waals surface area (Å²) in [6, 6.07) is 27.5. The van der Waals surface area contributed by atoms with E-state index in [-0.39, 0.29) is 35.6 Å². The van der Waals surface area contributed by atoms with Gasteiger partial charge in [0.15, 0.2) is 0 Å². The first-order valence-electron chi connectivity index (χ1n) is 15.7. The van der Waals surface area contributed by atoms with Gasteiger partial charge in [-0.3, -0.25) is 0 Å². The Morgan fingerprint density at radius 2 is 1.36 bits per heavy atom. The monoisotopic (exact) mass is 734 g/mol. The van der Waals surface area contributed by atoms with Crippen molar-refractivity contribution >= 4 is 50.4 Å². The van der Waals surface area contributed by atoms with Crippen LogP contribution in [0.3, 0.4) is 0 Å². The summed E-state index contributed by atoms with van der Waals surface area (Å²) in [4.78, 5) is 0. The Morgan fingerprint density at radius 3 is 1.93 bits per heavy atom. The molecule has 6 rings (SSSR count). The molecular weight excluding hydrogens is 690 g/mol. The Balaban J connectivity index is 0.00000230. The molecule has 0 radical (unpaired) electrons. The van der Waals surface area contributed by atoms with Crippen molar-refractivity contribution in [2.75, 3.05) is 0 Å². The molecule has 0 N–H and O–H groups in total. The van der Waals surface area contributed by atoms with Gasteiger partial charge in [0.2, 0.25) is 0 Å². The van der Waals surface area contributed by atoms with E-state index in [9.17, 15) is 0 Å². The van der Waals surface area contributed by atoms with Gasteiger partial charge in [0.05, 0.1) is 0 Å². The normalized spacial score (nSPS) is 14.3. The molecule has 2 aliphatic rings. The van der Waals surface area contributed by atoms with Crippen LogP contribution in [0, 0.1) is 13.8 Å². The molecule has 0 saturated heterocycles. The summed E-state index contributed by atoms with van der Waals surface area (Å²) in [5.41, 5.74) is 11.4. The molecule has 0 saturated carbocycles. The van der Waals surface area contributed by atoms with Gasteiger partial charge < -0.3 is 0 Å². The molecule has 0 atom stereocenters. The summed E-state index contributed by atoms with van der Waals surface area (Å²) >= 11 is 2.00. The third kappa shape index (κ3) is 5.45. The number of rotatable bonds is 4. The topological polar surface area (TPSA) is 0 Å². The fourth-order valence-electron chi connectivity index (χ4n) is 8.43. The summed E-state index contributed by atoms with van der Waals surface area (Å²) in [7, 11) is 0. The minimum atomic E-state index is -4.87. The molecule has 0 nitrogen and oxygen atoms in total. The van der Waals surface area contributed by atoms with E-state index in [1.165, 1.54) is 57.6 Å². The minimum absolute atomic E-state index is 0. The van der Waals surface area contributed by atoms with Crippen LogP contribution in [0.4, 0.5) is 0 Å². The molecule has 0 unspecified atom stereocenters. The molecule has 0 aromatic heterocycles. The summed E-state index contributed by atoms with van der Waals surface area (Å²) < 4.78 is 11.4. The van der Waals surface area contributed by atoms with Crippen molar-refractivity contribution < 1.29 is 18.3 Å². The van der Waals surface area contributed by atoms with Crippen LogP contribution in [0.1, 0.15) is 81.3 Å². The maximum atomic E-state index is 6.88. The van der Waals surface area contributed by atoms with Crippen molar-refractivity contribution in [1.29, 1.82) is 0 Å². The molecule has 0 amide bonds. The Hall–Kier alpha value is -2.02. The zero-order chi connectivity index (χ0) is 31.0. The molecule has 0 bridgehead atoms. The van der Waals surface area contributed by atoms with Gasteiger partial charge in [-0.15, -0.1) is 24.8 Å². The number of hydrogen-bond acceptors (Lipinski definition) is 0. The van der Waals surface area contributed by atoms with Gasteiger partial charge in [-0.25, -0.2) is 0 Å². The van der Waals surface area contributed by atoms with Gasteiger partial charge in [-0.2, -0.15) is 0 Å². The molecule has 0 heterocycles. The van der Waals surface area contributed by atoms with Gasteiger partial charge in [-0.05, 0) is 0 Å². The number of aryl methyl sites for hydroxylation is 1. The average molecular weight is 737 g/mol. The summed E-state index contributed by atoms with van der Waals surface area (Å²) in [6.45, 7) is 18.8. The summed E-state index contributed by atoms with van der Waals surface area (Å²) in [5, 5.41) is 0.777. The summed E-state index contributed by atoms with van der Waals surface area (Å²) in [6.07, 6.45) is 8.82. The second-order valence-electron chi connectivity index (χ2n) is 15.1. The van der Waals surface area contributed by atoms with Gasteiger partial charge >= 0.3 is 267 Å². The van der Waals surface area contributed by atoms with Crippen LogP contribution in [0.25, 0.3) is 11.1 Å². The Labute approximate surface area is 289 Å². The van der Waals surface area contributed by atoms with Gasteiger partial charge in [0.1, 0.15) is 0 Å². The molecule has 0 fully saturated rings. The molecule has 2 aliphatic carbocycles. The first-order valence-corrected chi connectivity index (χ1v) is 22.7. The van der Waals surface area contributed by atoms with Crippen LogP contribution in [0.2, 0.25) is 5.02 Å². The standard InChI is InChI=1S/C23H29.C6H4Cl.C6H5.C5H5.CH2.2ClH.Zr/c1-14-9-16-11-17-10-15(2)21(23(6,7)8)13-19(17)18(16)12-20(14)22(3,4)5;7-6-4-2-1-3-5-6;1-2-4-6-5-3-1;1-2-4-5-3-1;;;;/h9,12-13H,11H2,1-8H3;1-2,4-5H;1-5H;1-3H,4H2;1H2;2*1H;. The molecule has 4 aromatic carbocycles. The van der Waals surface area contributed by atoms with Crippen molar-refractivity contribution in [3.8, 4) is 11.1 Å². The molecule has 0 spiro atoms. The van der Waals surface area contributed by atoms with E-state index in [2.05, 4.69) is 140 Å². The van der Waals surface area contributed by atoms with E-state index in [4.69, 9.17) is 15.8 Å². The second-order valence-corrected chi connectivity index (χ2v) is 28.4. The molecule has 0 aliphatic heterocycles. The Morgan fingerprint density at radius 1 is 0.733 bits per heavy atom. The molecular formula is C41H47Cl3Zr. The zero-order valence-electron chi connectivity index (χ0n) is 28.0. The van der Waals surface area contributed by atoms with Crippen LogP contribution >= 0.6 is 36.4 Å². The van der Waals surface area contributed by atoms with Crippen molar-refractivity contribution in [3.63, 3.8) is 0 Å². The quantitative estimate of drug-likeness (QED) is 0.172. The predicted molar refractivity (Wildman–Crippen MR) is 202 cm³/mol. The maximum absolute atomic E-state index is 6.88. The number of halogens is 3. The van der Waals surface area contributed by atoms with Crippen LogP contribution in [0.5, 0.6) is 0 Å². The number of allylic oxidation sites excluding steroid dienone is 4. The van der Waals surface area contributed by atoms with Crippen molar-refractivity contribution in [1.82, 2.24) is 0 Å². The summed E-state index contributed by atoms with van der Waals surface area (Å²) in [5.74, 6) is 0. The first-order chi connectivity index (χ1) is 20.2. The van der Waals surface area contributed by atoms with E-state index < -0.39 is 18.3 Å². The SMILES string of the molecule is Cl.Cl.[CH2]=[Zr]([C]1=CC=CC1)([c]1ccccc1)([c]1cccc(Cl)c1)[c]1c(C)c(C(C)(C)C)cc2c1Cc1cc(C)c(C(C)(C)C)cc1-2. The Bertz CT molecular complexity index is 1910. The van der Waals surface area contributed by atoms with Crippen LogP contribution in [-0.4, -0.2) is 4.21 Å². The fraction of sp³-hybridized carbons (Fsp3) is 0.293. The van der Waals surface area contributed by atoms with E-state index in [1.54, 1.807) is 0 Å². The average Bonchev–Trinajstić information content (AvgIpc) is 3.60. The van der Waals surface area contributed by atoms with Crippen molar-refractivity contribution in [2.45, 2.75) is 79.1 Å². The van der Waals surface area contributed by atoms with Gasteiger partial charge in [-0.1, -0.05) is 0 Å². The second kappa shape index (κ2) is 12.2. The van der Waals surface area contributed by atoms with E-state index >= 15 is 0 Å². The molecule has 4 heteroatoms. The third-order valence-electron chi connectivity index (χ3n) is 10.3. The number of benzene rings is 4. The third-order valence-corrected chi connectivity index (χ3v) is 27.2. The number of hydrogen-bond donors (Lipinski definition) is 0. The molecule has 236 valence electrons. The molecule has 4 aromatic rings.